The third-order valence-corrected chi connectivity index (χ3v) is 6.62. The standard InChI is InChI=1S/C13H15N5O2S.C13H17N3O2S/c1-13(2,3)20-12(19)17-11-16-10-8(7-15-18-14)5-4-6-9(10)21-11;1-13(2,3)18-12(17)16-11-15-10-8(7-14)5-4-6-9(10)19-11/h4-6H,7H2,1-3H3,(H,16,17,19);4-6H,7,14H2,1-3H3,(H,15,16,17). The Hall–Kier alpha value is -3.97. The average Bonchev–Trinajstić information content (AvgIpc) is 3.43. The molecule has 0 radical (unpaired) electrons. The van der Waals surface area contributed by atoms with Gasteiger partial charge >= 0.3 is 12.2 Å². The van der Waals surface area contributed by atoms with Gasteiger partial charge in [0.25, 0.3) is 0 Å². The summed E-state index contributed by atoms with van der Waals surface area (Å²) in [7, 11) is 0. The Morgan fingerprint density at radius 2 is 1.32 bits per heavy atom. The fourth-order valence-electron chi connectivity index (χ4n) is 3.30. The summed E-state index contributed by atoms with van der Waals surface area (Å²) >= 11 is 2.74. The zero-order chi connectivity index (χ0) is 29.5. The van der Waals surface area contributed by atoms with E-state index < -0.39 is 23.4 Å². The van der Waals surface area contributed by atoms with Crippen LogP contribution < -0.4 is 16.4 Å². The van der Waals surface area contributed by atoms with Crippen LogP contribution in [0.4, 0.5) is 19.9 Å². The summed E-state index contributed by atoms with van der Waals surface area (Å²) in [4.78, 5) is 34.9. The van der Waals surface area contributed by atoms with E-state index in [4.69, 9.17) is 20.7 Å². The van der Waals surface area contributed by atoms with Gasteiger partial charge in [-0.2, -0.15) is 0 Å². The van der Waals surface area contributed by atoms with Gasteiger partial charge in [-0.1, -0.05) is 52.1 Å². The molecule has 0 aliphatic rings. The zero-order valence-corrected chi connectivity index (χ0v) is 24.8. The van der Waals surface area contributed by atoms with Crippen LogP contribution in [0.3, 0.4) is 0 Å². The van der Waals surface area contributed by atoms with Crippen molar-refractivity contribution in [3.05, 3.63) is 58.0 Å². The molecule has 0 atom stereocenters. The Morgan fingerprint density at radius 3 is 1.75 bits per heavy atom. The van der Waals surface area contributed by atoms with Gasteiger partial charge in [0.05, 0.1) is 27.0 Å². The molecule has 0 spiro atoms. The first-order chi connectivity index (χ1) is 18.8. The quantitative estimate of drug-likeness (QED) is 0.123. The van der Waals surface area contributed by atoms with Crippen molar-refractivity contribution in [2.45, 2.75) is 65.8 Å². The van der Waals surface area contributed by atoms with Crippen molar-refractivity contribution >= 4 is 65.6 Å². The van der Waals surface area contributed by atoms with Gasteiger partial charge in [-0.15, -0.1) is 0 Å². The smallest absolute Gasteiger partial charge is 0.413 e. The molecule has 40 heavy (non-hydrogen) atoms. The molecule has 0 aliphatic heterocycles. The van der Waals surface area contributed by atoms with Crippen LogP contribution in [-0.2, 0) is 22.6 Å². The van der Waals surface area contributed by atoms with Crippen molar-refractivity contribution in [2.24, 2.45) is 10.8 Å². The molecule has 4 rings (SSSR count). The molecule has 0 aliphatic carbocycles. The van der Waals surface area contributed by atoms with Crippen molar-refractivity contribution in [2.75, 3.05) is 10.6 Å². The first-order valence-corrected chi connectivity index (χ1v) is 13.9. The Kier molecular flexibility index (Phi) is 9.88. The van der Waals surface area contributed by atoms with E-state index in [-0.39, 0.29) is 6.54 Å². The Morgan fingerprint density at radius 1 is 0.875 bits per heavy atom. The molecule has 2 aromatic carbocycles. The number of nitrogens with two attached hydrogens (primary N) is 1. The molecular weight excluding hydrogens is 552 g/mol. The summed E-state index contributed by atoms with van der Waals surface area (Å²) in [5.41, 5.74) is 16.3. The fourth-order valence-corrected chi connectivity index (χ4v) is 5.10. The maximum atomic E-state index is 11.7. The molecule has 0 saturated carbocycles. The number of carbonyl (C=O) groups excluding carboxylic acids is 2. The molecule has 0 saturated heterocycles. The van der Waals surface area contributed by atoms with E-state index in [0.717, 1.165) is 31.6 Å². The SMILES string of the molecule is CC(C)(C)OC(=O)Nc1nc2c(CN)cccc2s1.CC(C)(C)OC(=O)Nc1nc2c(CN=[N+]=[N-])cccc2s1. The molecule has 0 unspecified atom stereocenters. The second-order valence-corrected chi connectivity index (χ2v) is 12.5. The van der Waals surface area contributed by atoms with Gasteiger partial charge in [0.1, 0.15) is 11.2 Å². The van der Waals surface area contributed by atoms with E-state index in [1.807, 2.05) is 57.2 Å². The number of aromatic nitrogens is 2. The second-order valence-electron chi connectivity index (χ2n) is 10.4. The van der Waals surface area contributed by atoms with E-state index in [2.05, 4.69) is 30.6 Å². The maximum absolute atomic E-state index is 11.7. The molecule has 0 fully saturated rings. The van der Waals surface area contributed by atoms with E-state index in [0.29, 0.717) is 16.8 Å². The van der Waals surface area contributed by atoms with Crippen molar-refractivity contribution in [3.63, 3.8) is 0 Å². The lowest BCUT2D eigenvalue weighted by atomic mass is 10.2. The third-order valence-electron chi connectivity index (χ3n) is 4.75. The lowest BCUT2D eigenvalue weighted by Crippen LogP contribution is -2.27. The second kappa shape index (κ2) is 12.9. The summed E-state index contributed by atoms with van der Waals surface area (Å²) < 4.78 is 12.3. The highest BCUT2D eigenvalue weighted by molar-refractivity contribution is 7.22. The fraction of sp³-hybridized carbons (Fsp3) is 0.385. The largest absolute Gasteiger partial charge is 0.444 e. The molecule has 2 amide bonds. The monoisotopic (exact) mass is 584 g/mol. The first kappa shape index (κ1) is 30.6. The van der Waals surface area contributed by atoms with Crippen molar-refractivity contribution in [1.29, 1.82) is 0 Å². The van der Waals surface area contributed by atoms with Gasteiger partial charge in [0.15, 0.2) is 10.3 Å². The molecule has 0 bridgehead atoms. The number of hydrogen-bond donors (Lipinski definition) is 3. The number of azide groups is 1. The average molecular weight is 585 g/mol. The summed E-state index contributed by atoms with van der Waals surface area (Å²) in [6.45, 7) is 11.5. The maximum Gasteiger partial charge on any atom is 0.413 e. The van der Waals surface area contributed by atoms with Crippen molar-refractivity contribution in [1.82, 2.24) is 9.97 Å². The van der Waals surface area contributed by atoms with E-state index >= 15 is 0 Å². The molecule has 4 N–H and O–H groups in total. The number of carbonyl (C=O) groups is 2. The van der Waals surface area contributed by atoms with Gasteiger partial charge in [0.2, 0.25) is 0 Å². The predicted octanol–water partition coefficient (Wildman–Crippen LogP) is 7.56. The highest BCUT2D eigenvalue weighted by Crippen LogP contribution is 2.30. The molecule has 14 heteroatoms. The number of ether oxygens (including phenoxy) is 2. The first-order valence-electron chi connectivity index (χ1n) is 12.3. The molecular formula is C26H32N8O4S2. The summed E-state index contributed by atoms with van der Waals surface area (Å²) in [5, 5.41) is 9.77. The minimum atomic E-state index is -0.562. The molecule has 2 aromatic heterocycles. The zero-order valence-electron chi connectivity index (χ0n) is 23.1. The Bertz CT molecular complexity index is 1550. The van der Waals surface area contributed by atoms with Crippen molar-refractivity contribution in [3.8, 4) is 0 Å². The third kappa shape index (κ3) is 9.06. The number of nitrogens with zero attached hydrogens (tertiary/aromatic N) is 5. The lowest BCUT2D eigenvalue weighted by Gasteiger charge is -2.18. The lowest BCUT2D eigenvalue weighted by molar-refractivity contribution is 0.0624. The Balaban J connectivity index is 0.000000222. The number of amides is 2. The van der Waals surface area contributed by atoms with Gasteiger partial charge in [-0.3, -0.25) is 10.6 Å². The number of thiazole rings is 2. The van der Waals surface area contributed by atoms with Gasteiger partial charge in [-0.25, -0.2) is 19.6 Å². The number of fused-ring (bicyclic) bond motifs is 2. The summed E-state index contributed by atoms with van der Waals surface area (Å²) in [6.07, 6.45) is -1.04. The van der Waals surface area contributed by atoms with Crippen molar-refractivity contribution < 1.29 is 19.1 Å². The number of para-hydroxylation sites is 2. The highest BCUT2D eigenvalue weighted by Gasteiger charge is 2.19. The molecule has 212 valence electrons. The number of anilines is 2. The van der Waals surface area contributed by atoms with Crippen LogP contribution in [0, 0.1) is 0 Å². The number of hydrogen-bond acceptors (Lipinski definition) is 10. The summed E-state index contributed by atoms with van der Waals surface area (Å²) in [6, 6.07) is 11.4. The number of nitrogens with one attached hydrogen (secondary N) is 2. The normalized spacial score (nSPS) is 11.3. The van der Waals surface area contributed by atoms with Gasteiger partial charge < -0.3 is 15.2 Å². The number of rotatable bonds is 5. The molecule has 2 heterocycles. The van der Waals surface area contributed by atoms with Gasteiger partial charge in [0, 0.05) is 11.5 Å². The Labute approximate surface area is 239 Å². The van der Waals surface area contributed by atoms with Gasteiger partial charge in [-0.05, 0) is 70.3 Å². The van der Waals surface area contributed by atoms with E-state index in [1.54, 1.807) is 20.8 Å². The van der Waals surface area contributed by atoms with Crippen LogP contribution in [0.2, 0.25) is 0 Å². The topological polar surface area (TPSA) is 177 Å². The van der Waals surface area contributed by atoms with Crippen LogP contribution in [-0.4, -0.2) is 33.4 Å². The minimum absolute atomic E-state index is 0.226. The van der Waals surface area contributed by atoms with Crippen LogP contribution in [0.5, 0.6) is 0 Å². The minimum Gasteiger partial charge on any atom is -0.444 e. The predicted molar refractivity (Wildman–Crippen MR) is 160 cm³/mol. The highest BCUT2D eigenvalue weighted by atomic mass is 32.1. The van der Waals surface area contributed by atoms with E-state index in [1.165, 1.54) is 22.7 Å². The van der Waals surface area contributed by atoms with Crippen LogP contribution >= 0.6 is 22.7 Å². The van der Waals surface area contributed by atoms with Crippen LogP contribution in [0.1, 0.15) is 52.7 Å². The molecule has 4 aromatic rings. The summed E-state index contributed by atoms with van der Waals surface area (Å²) in [5.74, 6) is 0. The van der Waals surface area contributed by atoms with E-state index in [9.17, 15) is 9.59 Å². The number of benzene rings is 2. The molecule has 12 nitrogen and oxygen atoms in total. The van der Waals surface area contributed by atoms with Crippen LogP contribution in [0.25, 0.3) is 30.9 Å². The van der Waals surface area contributed by atoms with Crippen LogP contribution in [0.15, 0.2) is 41.5 Å².